The summed E-state index contributed by atoms with van der Waals surface area (Å²) in [6.45, 7) is 7.88. The maximum absolute atomic E-state index is 11.7. The molecular weight excluding hydrogens is 308 g/mol. The number of carbonyl (C=O) groups excluding carboxylic acids is 1. The smallest absolute Gasteiger partial charge is 0.407 e. The maximum Gasteiger partial charge on any atom is 0.407 e. The summed E-state index contributed by atoms with van der Waals surface area (Å²) in [5.74, 6) is 0. The number of pyridine rings is 1. The van der Waals surface area contributed by atoms with Crippen LogP contribution in [0, 0.1) is 6.92 Å². The van der Waals surface area contributed by atoms with Gasteiger partial charge in [-0.15, -0.1) is 0 Å². The Morgan fingerprint density at radius 3 is 2.48 bits per heavy atom. The minimum absolute atomic E-state index is 0.407. The number of benzene rings is 1. The number of rotatable bonds is 4. The lowest BCUT2D eigenvalue weighted by Gasteiger charge is -2.19. The Morgan fingerprint density at radius 1 is 1.17 bits per heavy atom. The van der Waals surface area contributed by atoms with Gasteiger partial charge in [-0.2, -0.15) is 0 Å². The summed E-state index contributed by atoms with van der Waals surface area (Å²) in [6, 6.07) is 14.1. The molecule has 0 radical (unpaired) electrons. The number of amides is 1. The first-order valence-electron chi connectivity index (χ1n) is 7.50. The molecule has 1 heterocycles. The van der Waals surface area contributed by atoms with E-state index < -0.39 is 11.7 Å². The highest BCUT2D eigenvalue weighted by atomic mass is 32.2. The molecule has 0 saturated carbocycles. The Balaban J connectivity index is 1.96. The predicted octanol–water partition coefficient (Wildman–Crippen LogP) is 4.57. The van der Waals surface area contributed by atoms with Gasteiger partial charge in [0, 0.05) is 17.1 Å². The number of carbonyl (C=O) groups is 1. The van der Waals surface area contributed by atoms with Crippen LogP contribution in [0.4, 0.5) is 4.79 Å². The van der Waals surface area contributed by atoms with Gasteiger partial charge in [0.05, 0.1) is 0 Å². The quantitative estimate of drug-likeness (QED) is 0.892. The van der Waals surface area contributed by atoms with Crippen molar-refractivity contribution in [2.75, 3.05) is 0 Å². The Kier molecular flexibility index (Phi) is 5.66. The maximum atomic E-state index is 11.7. The minimum Gasteiger partial charge on any atom is -0.444 e. The van der Waals surface area contributed by atoms with Crippen molar-refractivity contribution in [3.05, 3.63) is 53.7 Å². The molecule has 1 aromatic heterocycles. The van der Waals surface area contributed by atoms with E-state index in [0.717, 1.165) is 21.2 Å². The monoisotopic (exact) mass is 330 g/mol. The van der Waals surface area contributed by atoms with Gasteiger partial charge in [-0.3, -0.25) is 0 Å². The molecule has 0 spiro atoms. The lowest BCUT2D eigenvalue weighted by atomic mass is 10.2. The standard InChI is InChI=1S/C18H22N2O2S/c1-13-14(12-19-17(21)22-18(2,3)4)10-11-16(20-13)23-15-8-6-5-7-9-15/h5-11H,12H2,1-4H3,(H,19,21). The highest BCUT2D eigenvalue weighted by Gasteiger charge is 2.16. The summed E-state index contributed by atoms with van der Waals surface area (Å²) in [5.41, 5.74) is 1.39. The van der Waals surface area contributed by atoms with Gasteiger partial charge in [0.15, 0.2) is 0 Å². The van der Waals surface area contributed by atoms with E-state index in [1.807, 2.05) is 58.0 Å². The van der Waals surface area contributed by atoms with E-state index >= 15 is 0 Å². The van der Waals surface area contributed by atoms with Gasteiger partial charge in [0.1, 0.15) is 10.6 Å². The number of hydrogen-bond acceptors (Lipinski definition) is 4. The molecule has 0 aliphatic heterocycles. The lowest BCUT2D eigenvalue weighted by molar-refractivity contribution is 0.0523. The summed E-state index contributed by atoms with van der Waals surface area (Å²) in [7, 11) is 0. The number of ether oxygens (including phenoxy) is 1. The van der Waals surface area contributed by atoms with Gasteiger partial charge in [-0.1, -0.05) is 36.0 Å². The van der Waals surface area contributed by atoms with Gasteiger partial charge in [-0.05, 0) is 51.5 Å². The summed E-state index contributed by atoms with van der Waals surface area (Å²) < 4.78 is 5.23. The number of nitrogens with one attached hydrogen (secondary N) is 1. The summed E-state index contributed by atoms with van der Waals surface area (Å²) >= 11 is 1.62. The number of hydrogen-bond donors (Lipinski definition) is 1. The van der Waals surface area contributed by atoms with Crippen molar-refractivity contribution in [1.29, 1.82) is 0 Å². The molecule has 0 fully saturated rings. The number of alkyl carbamates (subject to hydrolysis) is 1. The predicted molar refractivity (Wildman–Crippen MR) is 92.6 cm³/mol. The minimum atomic E-state index is -0.493. The van der Waals surface area contributed by atoms with E-state index in [1.54, 1.807) is 11.8 Å². The fourth-order valence-electron chi connectivity index (χ4n) is 1.90. The van der Waals surface area contributed by atoms with Crippen LogP contribution in [-0.4, -0.2) is 16.7 Å². The molecule has 1 amide bonds. The van der Waals surface area contributed by atoms with Crippen molar-refractivity contribution in [2.45, 2.75) is 49.8 Å². The van der Waals surface area contributed by atoms with E-state index in [2.05, 4.69) is 22.4 Å². The highest BCUT2D eigenvalue weighted by molar-refractivity contribution is 7.99. The molecule has 0 saturated heterocycles. The third kappa shape index (κ3) is 5.94. The molecule has 4 nitrogen and oxygen atoms in total. The van der Waals surface area contributed by atoms with Crippen LogP contribution in [0.2, 0.25) is 0 Å². The highest BCUT2D eigenvalue weighted by Crippen LogP contribution is 2.26. The average Bonchev–Trinajstić information content (AvgIpc) is 2.45. The Labute approximate surface area is 141 Å². The summed E-state index contributed by atoms with van der Waals surface area (Å²) in [4.78, 5) is 17.4. The Bertz CT molecular complexity index is 666. The second-order valence-corrected chi connectivity index (χ2v) is 7.26. The third-order valence-corrected chi connectivity index (χ3v) is 3.90. The zero-order chi connectivity index (χ0) is 16.9. The molecule has 1 aromatic carbocycles. The van der Waals surface area contributed by atoms with E-state index in [0.29, 0.717) is 6.54 Å². The van der Waals surface area contributed by atoms with Gasteiger partial charge >= 0.3 is 6.09 Å². The first-order chi connectivity index (χ1) is 10.8. The molecule has 122 valence electrons. The van der Waals surface area contributed by atoms with Gasteiger partial charge in [0.25, 0.3) is 0 Å². The van der Waals surface area contributed by atoms with Crippen molar-refractivity contribution in [1.82, 2.24) is 10.3 Å². The first-order valence-corrected chi connectivity index (χ1v) is 8.31. The molecule has 1 N–H and O–H groups in total. The Morgan fingerprint density at radius 2 is 1.87 bits per heavy atom. The fourth-order valence-corrected chi connectivity index (χ4v) is 2.75. The second-order valence-electron chi connectivity index (χ2n) is 6.16. The molecular formula is C18H22N2O2S. The van der Waals surface area contributed by atoms with Crippen molar-refractivity contribution < 1.29 is 9.53 Å². The third-order valence-electron chi connectivity index (χ3n) is 2.96. The van der Waals surface area contributed by atoms with Crippen LogP contribution < -0.4 is 5.32 Å². The van der Waals surface area contributed by atoms with Crippen molar-refractivity contribution in [3.8, 4) is 0 Å². The zero-order valence-corrected chi connectivity index (χ0v) is 14.7. The van der Waals surface area contributed by atoms with Gasteiger partial charge < -0.3 is 10.1 Å². The van der Waals surface area contributed by atoms with Crippen molar-refractivity contribution >= 4 is 17.9 Å². The van der Waals surface area contributed by atoms with Crippen LogP contribution >= 0.6 is 11.8 Å². The number of aryl methyl sites for hydroxylation is 1. The lowest BCUT2D eigenvalue weighted by Crippen LogP contribution is -2.32. The topological polar surface area (TPSA) is 51.2 Å². The van der Waals surface area contributed by atoms with E-state index in [-0.39, 0.29) is 0 Å². The van der Waals surface area contributed by atoms with Gasteiger partial charge in [0.2, 0.25) is 0 Å². The number of aromatic nitrogens is 1. The molecule has 2 rings (SSSR count). The molecule has 0 atom stereocenters. The van der Waals surface area contributed by atoms with Crippen LogP contribution in [0.1, 0.15) is 32.0 Å². The fraction of sp³-hybridized carbons (Fsp3) is 0.333. The second kappa shape index (κ2) is 7.51. The van der Waals surface area contributed by atoms with Crippen LogP contribution in [0.3, 0.4) is 0 Å². The molecule has 0 bridgehead atoms. The van der Waals surface area contributed by atoms with Crippen molar-refractivity contribution in [2.24, 2.45) is 0 Å². The van der Waals surface area contributed by atoms with Crippen LogP contribution in [0.15, 0.2) is 52.4 Å². The normalized spacial score (nSPS) is 11.1. The number of nitrogens with zero attached hydrogens (tertiary/aromatic N) is 1. The van der Waals surface area contributed by atoms with E-state index in [4.69, 9.17) is 4.74 Å². The van der Waals surface area contributed by atoms with Crippen molar-refractivity contribution in [3.63, 3.8) is 0 Å². The zero-order valence-electron chi connectivity index (χ0n) is 13.9. The molecule has 2 aromatic rings. The van der Waals surface area contributed by atoms with Gasteiger partial charge in [-0.25, -0.2) is 9.78 Å². The molecule has 5 heteroatoms. The van der Waals surface area contributed by atoms with E-state index in [9.17, 15) is 4.79 Å². The van der Waals surface area contributed by atoms with Crippen LogP contribution in [0.5, 0.6) is 0 Å². The average molecular weight is 330 g/mol. The molecule has 23 heavy (non-hydrogen) atoms. The molecule has 0 aliphatic carbocycles. The summed E-state index contributed by atoms with van der Waals surface area (Å²) in [6.07, 6.45) is -0.417. The summed E-state index contributed by atoms with van der Waals surface area (Å²) in [5, 5.41) is 3.70. The Hall–Kier alpha value is -2.01. The first kappa shape index (κ1) is 17.3. The van der Waals surface area contributed by atoms with E-state index in [1.165, 1.54) is 0 Å². The molecule has 0 unspecified atom stereocenters. The van der Waals surface area contributed by atoms with Crippen LogP contribution in [0.25, 0.3) is 0 Å². The SMILES string of the molecule is Cc1nc(Sc2ccccc2)ccc1CNC(=O)OC(C)(C)C. The molecule has 0 aliphatic rings. The largest absolute Gasteiger partial charge is 0.444 e. The van der Waals surface area contributed by atoms with Crippen LogP contribution in [-0.2, 0) is 11.3 Å².